The van der Waals surface area contributed by atoms with Gasteiger partial charge in [0.05, 0.1) is 50.0 Å². The monoisotopic (exact) mass is 1760 g/mol. The number of hydrogen-bond donors (Lipinski definition) is 8. The summed E-state index contributed by atoms with van der Waals surface area (Å²) in [6, 6.07) is 56.3. The third-order valence-electron chi connectivity index (χ3n) is 15.8. The number of hydrogen-bond acceptors (Lipinski definition) is 24. The highest BCUT2D eigenvalue weighted by molar-refractivity contribution is 7.93. The third kappa shape index (κ3) is 47.1. The lowest BCUT2D eigenvalue weighted by Crippen LogP contribution is -2.26. The van der Waals surface area contributed by atoms with Gasteiger partial charge in [-0.3, -0.25) is 37.8 Å². The minimum Gasteiger partial charge on any atom is -0.492 e. The molecule has 0 fully saturated rings. The summed E-state index contributed by atoms with van der Waals surface area (Å²) in [5.74, 6) is 2.69. The quantitative estimate of drug-likeness (QED) is 0.0180. The molecule has 640 valence electrons. The highest BCUT2D eigenvalue weighted by atomic mass is 32.2. The van der Waals surface area contributed by atoms with Gasteiger partial charge in [-0.2, -0.15) is 0 Å². The summed E-state index contributed by atoms with van der Waals surface area (Å²) in [6.07, 6.45) is 12.3. The van der Waals surface area contributed by atoms with Crippen molar-refractivity contribution in [1.29, 1.82) is 0 Å². The van der Waals surface area contributed by atoms with Crippen molar-refractivity contribution in [2.24, 2.45) is 0 Å². The Balaban J connectivity index is 0.000000276. The second-order valence-electron chi connectivity index (χ2n) is 27.5. The maximum atomic E-state index is 11.2. The Morgan fingerprint density at radius 3 is 0.440 bits per heavy atom. The lowest BCUT2D eigenvalue weighted by atomic mass is 10.1. The lowest BCUT2D eigenvalue weighted by Gasteiger charge is -2.17. The van der Waals surface area contributed by atoms with E-state index < -0.39 is 80.2 Å². The van der Waals surface area contributed by atoms with E-state index in [1.54, 1.807) is 146 Å². The van der Waals surface area contributed by atoms with Gasteiger partial charge < -0.3 is 38.5 Å². The van der Waals surface area contributed by atoms with Gasteiger partial charge >= 0.3 is 0 Å². The number of ether oxygens (including phenoxy) is 4. The highest BCUT2D eigenvalue weighted by Gasteiger charge is 2.12. The van der Waals surface area contributed by atoms with Gasteiger partial charge in [-0.1, -0.05) is 48.5 Å². The Kier molecular flexibility index (Phi) is 38.7. The van der Waals surface area contributed by atoms with Gasteiger partial charge in [-0.15, -0.1) is 0 Å². The summed E-state index contributed by atoms with van der Waals surface area (Å²) in [5, 5.41) is 0. The standard InChI is InChI=1S/4C19H27N3O5S2/c4*1-22(13-12-16-4-6-17(7-5-16)20-28(2,23)24)14-15-27-19-10-8-18(9-11-19)21-29(3,25)26/h4*4-11,20-21H,12-15H2,1-3H3. The van der Waals surface area contributed by atoms with Crippen LogP contribution in [0.3, 0.4) is 0 Å². The van der Waals surface area contributed by atoms with Crippen molar-refractivity contribution in [3.63, 3.8) is 0 Å². The molecule has 0 aliphatic heterocycles. The summed E-state index contributed by atoms with van der Waals surface area (Å²) >= 11 is 0. The van der Waals surface area contributed by atoms with Crippen LogP contribution in [0.5, 0.6) is 23.0 Å². The molecule has 32 nitrogen and oxygen atoms in total. The van der Waals surface area contributed by atoms with Crippen LogP contribution in [0.4, 0.5) is 45.5 Å². The van der Waals surface area contributed by atoms with E-state index in [1.165, 1.54) is 0 Å². The van der Waals surface area contributed by atoms with Crippen molar-refractivity contribution in [3.05, 3.63) is 216 Å². The van der Waals surface area contributed by atoms with E-state index in [0.717, 1.165) is 150 Å². The molecule has 0 unspecified atom stereocenters. The molecule has 8 rings (SSSR count). The first kappa shape index (κ1) is 97.4. The maximum absolute atomic E-state index is 11.2. The molecule has 0 saturated heterocycles. The molecule has 0 amide bonds. The molecular weight excluding hydrogens is 1660 g/mol. The topological polar surface area (TPSA) is 419 Å². The summed E-state index contributed by atoms with van der Waals surface area (Å²) in [4.78, 5) is 8.56. The number of benzene rings is 8. The van der Waals surface area contributed by atoms with E-state index >= 15 is 0 Å². The van der Waals surface area contributed by atoms with Gasteiger partial charge in [-0.25, -0.2) is 67.3 Å². The van der Waals surface area contributed by atoms with Crippen molar-refractivity contribution in [3.8, 4) is 23.0 Å². The molecule has 0 radical (unpaired) electrons. The normalized spacial score (nSPS) is 12.0. The fourth-order valence-corrected chi connectivity index (χ4v) is 14.7. The first-order valence-electron chi connectivity index (χ1n) is 35.8. The van der Waals surface area contributed by atoms with E-state index in [2.05, 4.69) is 57.4 Å². The van der Waals surface area contributed by atoms with Gasteiger partial charge in [0.1, 0.15) is 49.4 Å². The zero-order valence-electron chi connectivity index (χ0n) is 67.0. The number of rotatable bonds is 44. The second kappa shape index (κ2) is 46.1. The molecule has 0 atom stereocenters. The Labute approximate surface area is 686 Å². The largest absolute Gasteiger partial charge is 0.492 e. The fraction of sp³-hybridized carbons (Fsp3) is 0.368. The fourth-order valence-electron chi connectivity index (χ4n) is 10.2. The van der Waals surface area contributed by atoms with Crippen LogP contribution < -0.4 is 56.7 Å². The van der Waals surface area contributed by atoms with Gasteiger partial charge in [0.2, 0.25) is 80.2 Å². The Bertz CT molecular complexity index is 4620. The number of nitrogens with zero attached hydrogens (tertiary/aromatic N) is 4. The van der Waals surface area contributed by atoms with Crippen LogP contribution in [0.1, 0.15) is 22.3 Å². The average Bonchev–Trinajstić information content (AvgIpc) is 0.919. The summed E-state index contributed by atoms with van der Waals surface area (Å²) in [5.41, 5.74) is 8.65. The molecule has 0 aliphatic carbocycles. The van der Waals surface area contributed by atoms with E-state index in [9.17, 15) is 67.3 Å². The predicted octanol–water partition coefficient (Wildman–Crippen LogP) is 7.93. The van der Waals surface area contributed by atoms with Crippen molar-refractivity contribution < 1.29 is 86.3 Å². The summed E-state index contributed by atoms with van der Waals surface area (Å²) in [6.45, 7) is 8.29. The lowest BCUT2D eigenvalue weighted by molar-refractivity contribution is 0.239. The molecule has 0 aromatic heterocycles. The minimum absolute atomic E-state index is 0.495. The number of anilines is 8. The van der Waals surface area contributed by atoms with Crippen LogP contribution in [0.25, 0.3) is 0 Å². The molecular formula is C76H108N12O20S8. The van der Waals surface area contributed by atoms with E-state index in [0.29, 0.717) is 94.9 Å². The Hall–Kier alpha value is -9.20. The smallest absolute Gasteiger partial charge is 0.229 e. The summed E-state index contributed by atoms with van der Waals surface area (Å²) in [7, 11) is -18.2. The van der Waals surface area contributed by atoms with Crippen LogP contribution in [-0.2, 0) is 106 Å². The molecule has 0 spiro atoms. The molecule has 8 aromatic rings. The molecule has 0 aliphatic rings. The molecule has 40 heteroatoms. The molecule has 8 aromatic carbocycles. The SMILES string of the molecule is CN(CCOc1ccc(NS(C)(=O)=O)cc1)CCc1ccc(NS(C)(=O)=O)cc1.CN(CCOc1ccc(NS(C)(=O)=O)cc1)CCc1ccc(NS(C)(=O)=O)cc1.CN(CCOc1ccc(NS(C)(=O)=O)cc1)CCc1ccc(NS(C)(=O)=O)cc1.CN(CCOc1ccc(NS(C)(=O)=O)cc1)CCc1ccc(NS(C)(=O)=O)cc1. The second-order valence-corrected chi connectivity index (χ2v) is 41.5. The first-order valence-corrected chi connectivity index (χ1v) is 51.0. The van der Waals surface area contributed by atoms with Gasteiger partial charge in [0.15, 0.2) is 0 Å². The van der Waals surface area contributed by atoms with Crippen molar-refractivity contribution in [2.75, 3.05) is 195 Å². The van der Waals surface area contributed by atoms with Gasteiger partial charge in [0, 0.05) is 97.9 Å². The summed E-state index contributed by atoms with van der Waals surface area (Å²) < 4.78 is 221. The van der Waals surface area contributed by atoms with Crippen molar-refractivity contribution in [1.82, 2.24) is 19.6 Å². The maximum Gasteiger partial charge on any atom is 0.229 e. The molecule has 0 heterocycles. The highest BCUT2D eigenvalue weighted by Crippen LogP contribution is 2.22. The molecule has 0 saturated carbocycles. The molecule has 116 heavy (non-hydrogen) atoms. The van der Waals surface area contributed by atoms with Crippen molar-refractivity contribution in [2.45, 2.75) is 25.7 Å². The number of likely N-dealkylation sites (N-methyl/N-ethyl adjacent to an activating group) is 4. The van der Waals surface area contributed by atoms with E-state index in [1.807, 2.05) is 76.7 Å². The van der Waals surface area contributed by atoms with Crippen LogP contribution in [0.15, 0.2) is 194 Å². The number of sulfonamides is 8. The number of nitrogens with one attached hydrogen (secondary N) is 8. The Morgan fingerprint density at radius 1 is 0.198 bits per heavy atom. The first-order chi connectivity index (χ1) is 54.0. The molecule has 0 bridgehead atoms. The zero-order chi connectivity index (χ0) is 86.0. The van der Waals surface area contributed by atoms with E-state index in [4.69, 9.17) is 18.9 Å². The van der Waals surface area contributed by atoms with Crippen LogP contribution in [0.2, 0.25) is 0 Å². The predicted molar refractivity (Wildman–Crippen MR) is 466 cm³/mol. The van der Waals surface area contributed by atoms with Crippen molar-refractivity contribution >= 4 is 126 Å². The minimum atomic E-state index is -3.29. The average molecular weight is 1770 g/mol. The van der Waals surface area contributed by atoms with Gasteiger partial charge in [-0.05, 0) is 222 Å². The molecule has 8 N–H and O–H groups in total. The Morgan fingerprint density at radius 2 is 0.319 bits per heavy atom. The van der Waals surface area contributed by atoms with E-state index in [-0.39, 0.29) is 0 Å². The van der Waals surface area contributed by atoms with Crippen LogP contribution in [-0.4, -0.2) is 244 Å². The van der Waals surface area contributed by atoms with Crippen LogP contribution >= 0.6 is 0 Å². The zero-order valence-corrected chi connectivity index (χ0v) is 73.5. The van der Waals surface area contributed by atoms with Gasteiger partial charge in [0.25, 0.3) is 0 Å². The third-order valence-corrected chi connectivity index (χ3v) is 20.6. The van der Waals surface area contributed by atoms with Crippen LogP contribution in [0, 0.1) is 0 Å².